The van der Waals surface area contributed by atoms with E-state index in [1.165, 1.54) is 7.11 Å². The van der Waals surface area contributed by atoms with Crippen LogP contribution < -0.4 is 10.0 Å². The Kier molecular flexibility index (Phi) is 6.43. The minimum Gasteiger partial charge on any atom is -0.384 e. The van der Waals surface area contributed by atoms with Crippen LogP contribution in [0.1, 0.15) is 6.42 Å². The molecule has 7 heteroatoms. The van der Waals surface area contributed by atoms with E-state index in [0.717, 1.165) is 6.26 Å². The van der Waals surface area contributed by atoms with Crippen molar-refractivity contribution in [1.82, 2.24) is 10.0 Å². The fraction of sp³-hybridized carbons (Fsp3) is 0.857. The number of carbonyl (C=O) groups excluding carboxylic acids is 1. The van der Waals surface area contributed by atoms with E-state index in [1.807, 2.05) is 0 Å². The van der Waals surface area contributed by atoms with Gasteiger partial charge in [0.2, 0.25) is 15.9 Å². The maximum atomic E-state index is 11.0. The number of ether oxygens (including phenoxy) is 1. The summed E-state index contributed by atoms with van der Waals surface area (Å²) in [6.45, 7) is 0.860. The zero-order valence-electron chi connectivity index (χ0n) is 8.37. The summed E-state index contributed by atoms with van der Waals surface area (Å²) in [6, 6.07) is 0. The molecule has 0 radical (unpaired) electrons. The summed E-state index contributed by atoms with van der Waals surface area (Å²) in [6.07, 6.45) is 1.36. The van der Waals surface area contributed by atoms with E-state index in [-0.39, 0.29) is 25.4 Å². The lowest BCUT2D eigenvalue weighted by atomic mass is 10.4. The molecule has 0 unspecified atom stereocenters. The SMILES string of the molecule is COCCC(=O)NCCNS(C)(=O)=O. The van der Waals surface area contributed by atoms with Gasteiger partial charge in [-0.25, -0.2) is 13.1 Å². The molecule has 0 aliphatic carbocycles. The first-order valence-electron chi connectivity index (χ1n) is 4.16. The Labute approximate surface area is 84.1 Å². The average Bonchev–Trinajstić information content (AvgIpc) is 2.07. The number of nitrogens with one attached hydrogen (secondary N) is 2. The van der Waals surface area contributed by atoms with Gasteiger partial charge in [-0.15, -0.1) is 0 Å². The third-order valence-electron chi connectivity index (χ3n) is 1.34. The first-order chi connectivity index (χ1) is 6.45. The molecule has 0 atom stereocenters. The smallest absolute Gasteiger partial charge is 0.222 e. The normalized spacial score (nSPS) is 11.3. The highest BCUT2D eigenvalue weighted by atomic mass is 32.2. The molecule has 14 heavy (non-hydrogen) atoms. The van der Waals surface area contributed by atoms with Crippen LogP contribution >= 0.6 is 0 Å². The molecular formula is C7H16N2O4S. The van der Waals surface area contributed by atoms with Crippen LogP contribution in [0.2, 0.25) is 0 Å². The van der Waals surface area contributed by atoms with Crippen molar-refractivity contribution in [2.24, 2.45) is 0 Å². The molecule has 84 valence electrons. The van der Waals surface area contributed by atoms with Gasteiger partial charge in [0.15, 0.2) is 0 Å². The Balaban J connectivity index is 3.41. The van der Waals surface area contributed by atoms with Crippen molar-refractivity contribution in [3.8, 4) is 0 Å². The minimum atomic E-state index is -3.17. The molecule has 0 rings (SSSR count). The van der Waals surface area contributed by atoms with Gasteiger partial charge < -0.3 is 10.1 Å². The summed E-state index contributed by atoms with van der Waals surface area (Å²) in [4.78, 5) is 11.0. The largest absolute Gasteiger partial charge is 0.384 e. The van der Waals surface area contributed by atoms with Gasteiger partial charge >= 0.3 is 0 Å². The fourth-order valence-electron chi connectivity index (χ4n) is 0.721. The summed E-state index contributed by atoms with van der Waals surface area (Å²) in [5, 5.41) is 2.54. The first-order valence-corrected chi connectivity index (χ1v) is 6.05. The molecule has 0 heterocycles. The predicted octanol–water partition coefficient (Wildman–Crippen LogP) is -1.31. The molecule has 0 aromatic carbocycles. The molecule has 1 amide bonds. The van der Waals surface area contributed by atoms with E-state index in [1.54, 1.807) is 0 Å². The highest BCUT2D eigenvalue weighted by Crippen LogP contribution is 1.79. The number of sulfonamides is 1. The van der Waals surface area contributed by atoms with Crippen LogP contribution in [0.3, 0.4) is 0 Å². The van der Waals surface area contributed by atoms with Crippen LogP contribution in [0.15, 0.2) is 0 Å². The lowest BCUT2D eigenvalue weighted by molar-refractivity contribution is -0.121. The van der Waals surface area contributed by atoms with Crippen molar-refractivity contribution >= 4 is 15.9 Å². The highest BCUT2D eigenvalue weighted by molar-refractivity contribution is 7.88. The monoisotopic (exact) mass is 224 g/mol. The second-order valence-electron chi connectivity index (χ2n) is 2.76. The number of hydrogen-bond acceptors (Lipinski definition) is 4. The van der Waals surface area contributed by atoms with Gasteiger partial charge in [0.05, 0.1) is 12.9 Å². The summed E-state index contributed by atoms with van der Waals surface area (Å²) < 4.78 is 28.2. The summed E-state index contributed by atoms with van der Waals surface area (Å²) in [5.74, 6) is -0.151. The fourth-order valence-corrected chi connectivity index (χ4v) is 1.19. The van der Waals surface area contributed by atoms with Gasteiger partial charge in [-0.2, -0.15) is 0 Å². The topological polar surface area (TPSA) is 84.5 Å². The average molecular weight is 224 g/mol. The van der Waals surface area contributed by atoms with Crippen LogP contribution in [-0.2, 0) is 19.6 Å². The van der Waals surface area contributed by atoms with Gasteiger partial charge in [0.1, 0.15) is 0 Å². The Bertz CT molecular complexity index is 263. The van der Waals surface area contributed by atoms with Crippen molar-refractivity contribution in [2.75, 3.05) is 33.1 Å². The molecule has 0 saturated carbocycles. The third kappa shape index (κ3) is 9.43. The Morgan fingerprint density at radius 1 is 1.36 bits per heavy atom. The van der Waals surface area contributed by atoms with Crippen LogP contribution in [0.25, 0.3) is 0 Å². The number of rotatable bonds is 7. The molecule has 0 spiro atoms. The molecule has 0 bridgehead atoms. The van der Waals surface area contributed by atoms with Crippen molar-refractivity contribution in [3.63, 3.8) is 0 Å². The van der Waals surface area contributed by atoms with Gasteiger partial charge in [-0.3, -0.25) is 4.79 Å². The van der Waals surface area contributed by atoms with Gasteiger partial charge in [-0.05, 0) is 0 Å². The van der Waals surface area contributed by atoms with Gasteiger partial charge in [0, 0.05) is 26.6 Å². The summed E-state index contributed by atoms with van der Waals surface area (Å²) in [5.41, 5.74) is 0. The maximum absolute atomic E-state index is 11.0. The molecular weight excluding hydrogens is 208 g/mol. The number of carbonyl (C=O) groups is 1. The number of hydrogen-bond donors (Lipinski definition) is 2. The zero-order chi connectivity index (χ0) is 11.0. The van der Waals surface area contributed by atoms with Crippen molar-refractivity contribution in [1.29, 1.82) is 0 Å². The molecule has 0 saturated heterocycles. The second kappa shape index (κ2) is 6.74. The van der Waals surface area contributed by atoms with Crippen LogP contribution in [0.5, 0.6) is 0 Å². The lowest BCUT2D eigenvalue weighted by Gasteiger charge is -2.04. The second-order valence-corrected chi connectivity index (χ2v) is 4.59. The van der Waals surface area contributed by atoms with E-state index in [4.69, 9.17) is 4.74 Å². The van der Waals surface area contributed by atoms with Crippen LogP contribution in [-0.4, -0.2) is 47.4 Å². The Morgan fingerprint density at radius 2 is 2.00 bits per heavy atom. The lowest BCUT2D eigenvalue weighted by Crippen LogP contribution is -2.34. The first kappa shape index (κ1) is 13.3. The summed E-state index contributed by atoms with van der Waals surface area (Å²) >= 11 is 0. The molecule has 0 fully saturated rings. The highest BCUT2D eigenvalue weighted by Gasteiger charge is 2.01. The standard InChI is InChI=1S/C7H16N2O4S/c1-13-6-3-7(10)8-4-5-9-14(2,11)12/h9H,3-6H2,1-2H3,(H,8,10). The van der Waals surface area contributed by atoms with E-state index in [0.29, 0.717) is 6.61 Å². The third-order valence-corrected chi connectivity index (χ3v) is 2.07. The van der Waals surface area contributed by atoms with E-state index >= 15 is 0 Å². The summed E-state index contributed by atoms with van der Waals surface area (Å²) in [7, 11) is -1.65. The minimum absolute atomic E-state index is 0.151. The molecule has 6 nitrogen and oxygen atoms in total. The van der Waals surface area contributed by atoms with E-state index < -0.39 is 10.0 Å². The number of amides is 1. The Hall–Kier alpha value is -0.660. The Morgan fingerprint density at radius 3 is 2.50 bits per heavy atom. The van der Waals surface area contributed by atoms with E-state index in [9.17, 15) is 13.2 Å². The van der Waals surface area contributed by atoms with Crippen molar-refractivity contribution in [3.05, 3.63) is 0 Å². The zero-order valence-corrected chi connectivity index (χ0v) is 9.19. The van der Waals surface area contributed by atoms with Crippen LogP contribution in [0, 0.1) is 0 Å². The van der Waals surface area contributed by atoms with Crippen molar-refractivity contribution < 1.29 is 17.9 Å². The number of methoxy groups -OCH3 is 1. The van der Waals surface area contributed by atoms with Gasteiger partial charge in [-0.1, -0.05) is 0 Å². The molecule has 0 aliphatic heterocycles. The predicted molar refractivity (Wildman–Crippen MR) is 52.3 cm³/mol. The maximum Gasteiger partial charge on any atom is 0.222 e. The molecule has 0 aromatic heterocycles. The molecule has 2 N–H and O–H groups in total. The van der Waals surface area contributed by atoms with Crippen LogP contribution in [0.4, 0.5) is 0 Å². The quantitative estimate of drug-likeness (QED) is 0.526. The molecule has 0 aromatic rings. The van der Waals surface area contributed by atoms with E-state index in [2.05, 4.69) is 10.0 Å². The molecule has 0 aliphatic rings. The van der Waals surface area contributed by atoms with Gasteiger partial charge in [0.25, 0.3) is 0 Å². The van der Waals surface area contributed by atoms with Crippen molar-refractivity contribution in [2.45, 2.75) is 6.42 Å².